The van der Waals surface area contributed by atoms with Crippen LogP contribution in [0.15, 0.2) is 54.9 Å². The van der Waals surface area contributed by atoms with Crippen molar-refractivity contribution in [2.75, 3.05) is 6.61 Å². The molecule has 3 rings (SSSR count). The van der Waals surface area contributed by atoms with Crippen molar-refractivity contribution < 1.29 is 18.9 Å². The molecule has 0 saturated carbocycles. The van der Waals surface area contributed by atoms with Crippen LogP contribution in [0.1, 0.15) is 24.4 Å². The van der Waals surface area contributed by atoms with Crippen LogP contribution in [0.4, 0.5) is 0 Å². The number of rotatable bonds is 4. The Kier molecular flexibility index (Phi) is 4.75. The van der Waals surface area contributed by atoms with E-state index in [2.05, 4.69) is 11.4 Å². The van der Waals surface area contributed by atoms with Crippen molar-refractivity contribution in [1.82, 2.24) is 5.32 Å². The van der Waals surface area contributed by atoms with Crippen LogP contribution in [0.25, 0.3) is 0 Å². The molecule has 25 heavy (non-hydrogen) atoms. The normalized spacial score (nSPS) is 22.8. The van der Waals surface area contributed by atoms with Crippen LogP contribution in [0.5, 0.6) is 5.75 Å². The number of hydrogen-bond donors (Lipinski definition) is 1. The Labute approximate surface area is 145 Å². The number of aromatic nitrogens is 1. The van der Waals surface area contributed by atoms with E-state index in [1.165, 1.54) is 0 Å². The van der Waals surface area contributed by atoms with Gasteiger partial charge < -0.3 is 4.74 Å². The van der Waals surface area contributed by atoms with Crippen LogP contribution in [0.2, 0.25) is 0 Å². The minimum Gasteiger partial charge on any atom is -0.494 e. The maximum Gasteiger partial charge on any atom is 0.296 e. The molecule has 0 aliphatic carbocycles. The third-order valence-corrected chi connectivity index (χ3v) is 4.27. The maximum absolute atomic E-state index is 12.5. The third kappa shape index (κ3) is 3.22. The van der Waals surface area contributed by atoms with Gasteiger partial charge in [0.2, 0.25) is 11.9 Å². The van der Waals surface area contributed by atoms with E-state index in [0.717, 1.165) is 5.56 Å². The molecule has 1 aromatic carbocycles. The molecular formula is C19H18N3O3+. The molecule has 0 spiro atoms. The molecule has 6 nitrogen and oxygen atoms in total. The van der Waals surface area contributed by atoms with Crippen molar-refractivity contribution in [1.29, 1.82) is 5.26 Å². The van der Waals surface area contributed by atoms with Gasteiger partial charge in [-0.2, -0.15) is 9.83 Å². The van der Waals surface area contributed by atoms with Gasteiger partial charge in [0.15, 0.2) is 12.4 Å². The highest BCUT2D eigenvalue weighted by atomic mass is 16.5. The van der Waals surface area contributed by atoms with Gasteiger partial charge in [-0.1, -0.05) is 18.2 Å². The molecule has 1 fully saturated rings. The molecule has 2 aromatic rings. The number of amides is 2. The van der Waals surface area contributed by atoms with E-state index < -0.39 is 29.7 Å². The number of nitrogens with one attached hydrogen (secondary N) is 1. The number of imide groups is 1. The lowest BCUT2D eigenvalue weighted by Crippen LogP contribution is -2.59. The minimum absolute atomic E-state index is 0.411. The van der Waals surface area contributed by atoms with E-state index in [0.29, 0.717) is 12.4 Å². The zero-order valence-corrected chi connectivity index (χ0v) is 13.8. The molecule has 1 saturated heterocycles. The Morgan fingerprint density at radius 3 is 2.40 bits per heavy atom. The van der Waals surface area contributed by atoms with E-state index in [1.807, 2.05) is 25.1 Å². The van der Waals surface area contributed by atoms with Gasteiger partial charge in [-0.25, -0.2) is 0 Å². The lowest BCUT2D eigenvalue weighted by atomic mass is 9.77. The van der Waals surface area contributed by atoms with Gasteiger partial charge in [-0.15, -0.1) is 0 Å². The molecule has 1 aliphatic rings. The predicted molar refractivity (Wildman–Crippen MR) is 88.3 cm³/mol. The standard InChI is InChI=1S/C19H17N3O3/c1-2-25-14-8-6-13(7-9-14)16-15(12-20)18(23)21-19(24)17(16)22-10-4-3-5-11-22/h3-11,15-17H,2H2,1H3/p+1/t15-,16+,17-/m0/s1. The fraction of sp³-hybridized carbons (Fsp3) is 0.263. The largest absolute Gasteiger partial charge is 0.494 e. The first-order valence-electron chi connectivity index (χ1n) is 8.08. The summed E-state index contributed by atoms with van der Waals surface area (Å²) in [7, 11) is 0. The van der Waals surface area contributed by atoms with Crippen molar-refractivity contribution in [2.45, 2.75) is 18.9 Å². The molecule has 126 valence electrons. The molecule has 3 atom stereocenters. The SMILES string of the molecule is CCOc1ccc([C@@H]2[C@H](C#N)C(=O)NC(=O)[C@H]2[n+]2ccccc2)cc1. The average molecular weight is 336 g/mol. The van der Waals surface area contributed by atoms with Crippen LogP contribution >= 0.6 is 0 Å². The molecule has 2 heterocycles. The minimum atomic E-state index is -0.951. The molecule has 0 bridgehead atoms. The second-order valence-corrected chi connectivity index (χ2v) is 5.76. The summed E-state index contributed by atoms with van der Waals surface area (Å²) in [6.45, 7) is 2.44. The van der Waals surface area contributed by atoms with Gasteiger partial charge in [-0.3, -0.25) is 14.9 Å². The van der Waals surface area contributed by atoms with Gasteiger partial charge in [-0.05, 0) is 24.6 Å². The fourth-order valence-electron chi connectivity index (χ4n) is 3.17. The average Bonchev–Trinajstić information content (AvgIpc) is 2.63. The Morgan fingerprint density at radius 2 is 1.80 bits per heavy atom. The van der Waals surface area contributed by atoms with Gasteiger partial charge in [0.25, 0.3) is 5.91 Å². The van der Waals surface area contributed by atoms with Crippen molar-refractivity contribution in [3.63, 3.8) is 0 Å². The summed E-state index contributed by atoms with van der Waals surface area (Å²) < 4.78 is 7.17. The van der Waals surface area contributed by atoms with E-state index >= 15 is 0 Å². The van der Waals surface area contributed by atoms with E-state index in [-0.39, 0.29) is 0 Å². The highest BCUT2D eigenvalue weighted by Gasteiger charge is 2.50. The quantitative estimate of drug-likeness (QED) is 0.677. The van der Waals surface area contributed by atoms with Crippen LogP contribution < -0.4 is 14.6 Å². The van der Waals surface area contributed by atoms with Crippen LogP contribution in [-0.4, -0.2) is 18.4 Å². The first-order chi connectivity index (χ1) is 12.2. The summed E-state index contributed by atoms with van der Waals surface area (Å²) in [4.78, 5) is 24.7. The first kappa shape index (κ1) is 16.7. The first-order valence-corrected chi connectivity index (χ1v) is 8.08. The summed E-state index contributed by atoms with van der Waals surface area (Å²) in [6, 6.07) is 14.0. The summed E-state index contributed by atoms with van der Waals surface area (Å²) in [5.74, 6) is -1.79. The lowest BCUT2D eigenvalue weighted by Gasteiger charge is -2.30. The molecule has 2 amide bonds. The van der Waals surface area contributed by atoms with Crippen LogP contribution in [-0.2, 0) is 9.59 Å². The number of piperidine rings is 1. The van der Waals surface area contributed by atoms with Crippen molar-refractivity contribution in [3.8, 4) is 11.8 Å². The maximum atomic E-state index is 12.5. The number of carbonyl (C=O) groups excluding carboxylic acids is 2. The Hall–Kier alpha value is -3.20. The highest BCUT2D eigenvalue weighted by Crippen LogP contribution is 2.36. The number of pyridine rings is 1. The van der Waals surface area contributed by atoms with Crippen molar-refractivity contribution in [3.05, 3.63) is 60.4 Å². The smallest absolute Gasteiger partial charge is 0.296 e. The van der Waals surface area contributed by atoms with E-state index in [9.17, 15) is 14.9 Å². The predicted octanol–water partition coefficient (Wildman–Crippen LogP) is 1.49. The number of hydrogen-bond acceptors (Lipinski definition) is 4. The highest BCUT2D eigenvalue weighted by molar-refractivity contribution is 6.02. The Balaban J connectivity index is 2.06. The summed E-state index contributed by atoms with van der Waals surface area (Å²) in [5, 5.41) is 11.8. The van der Waals surface area contributed by atoms with Gasteiger partial charge in [0.05, 0.1) is 18.6 Å². The Morgan fingerprint density at radius 1 is 1.12 bits per heavy atom. The van der Waals surface area contributed by atoms with Gasteiger partial charge in [0, 0.05) is 12.1 Å². The molecule has 1 N–H and O–H groups in total. The zero-order valence-electron chi connectivity index (χ0n) is 13.8. The van der Waals surface area contributed by atoms with E-state index in [1.54, 1.807) is 41.2 Å². The molecule has 1 aliphatic heterocycles. The monoisotopic (exact) mass is 336 g/mol. The number of nitrogens with zero attached hydrogens (tertiary/aromatic N) is 2. The van der Waals surface area contributed by atoms with Crippen molar-refractivity contribution in [2.24, 2.45) is 5.92 Å². The summed E-state index contributed by atoms with van der Waals surface area (Å²) >= 11 is 0. The lowest BCUT2D eigenvalue weighted by molar-refractivity contribution is -0.713. The molecular weight excluding hydrogens is 318 g/mol. The number of carbonyl (C=O) groups is 2. The van der Waals surface area contributed by atoms with Crippen LogP contribution in [0, 0.1) is 17.2 Å². The third-order valence-electron chi connectivity index (χ3n) is 4.27. The number of ether oxygens (including phenoxy) is 1. The van der Waals surface area contributed by atoms with Gasteiger partial charge in [0.1, 0.15) is 11.7 Å². The molecule has 1 aromatic heterocycles. The summed E-state index contributed by atoms with van der Waals surface area (Å²) in [6.07, 6.45) is 3.52. The molecule has 0 radical (unpaired) electrons. The molecule has 0 unspecified atom stereocenters. The Bertz CT molecular complexity index is 812. The second-order valence-electron chi connectivity index (χ2n) is 5.76. The number of benzene rings is 1. The summed E-state index contributed by atoms with van der Waals surface area (Å²) in [5.41, 5.74) is 0.750. The fourth-order valence-corrected chi connectivity index (χ4v) is 3.17. The molecule has 6 heteroatoms. The van der Waals surface area contributed by atoms with E-state index in [4.69, 9.17) is 4.74 Å². The van der Waals surface area contributed by atoms with Gasteiger partial charge >= 0.3 is 0 Å². The topological polar surface area (TPSA) is 83.1 Å². The zero-order chi connectivity index (χ0) is 17.8. The number of nitriles is 1. The second kappa shape index (κ2) is 7.14. The van der Waals surface area contributed by atoms with Crippen LogP contribution in [0.3, 0.4) is 0 Å². The van der Waals surface area contributed by atoms with Crippen molar-refractivity contribution >= 4 is 11.8 Å².